The van der Waals surface area contributed by atoms with Gasteiger partial charge in [0.1, 0.15) is 0 Å². The zero-order valence-corrected chi connectivity index (χ0v) is 10.7. The lowest BCUT2D eigenvalue weighted by Gasteiger charge is -2.18. The molecule has 0 spiro atoms. The van der Waals surface area contributed by atoms with E-state index in [9.17, 15) is 5.21 Å². The van der Waals surface area contributed by atoms with E-state index in [0.717, 1.165) is 17.1 Å². The van der Waals surface area contributed by atoms with Gasteiger partial charge in [0.2, 0.25) is 0 Å². The van der Waals surface area contributed by atoms with Gasteiger partial charge in [0.05, 0.1) is 11.4 Å². The lowest BCUT2D eigenvalue weighted by molar-refractivity contribution is 0.301. The fourth-order valence-corrected chi connectivity index (χ4v) is 1.75. The zero-order valence-electron chi connectivity index (χ0n) is 10.7. The van der Waals surface area contributed by atoms with Crippen molar-refractivity contribution in [3.63, 3.8) is 0 Å². The van der Waals surface area contributed by atoms with Crippen molar-refractivity contribution in [3.05, 3.63) is 54.6 Å². The molecule has 0 heterocycles. The minimum atomic E-state index is 0.398. The molecule has 0 amide bonds. The summed E-state index contributed by atoms with van der Waals surface area (Å²) in [5.74, 6) is 0. The molecule has 0 aliphatic heterocycles. The molecular weight excluding hydrogens is 224 g/mol. The van der Waals surface area contributed by atoms with Gasteiger partial charge in [-0.05, 0) is 50.2 Å². The van der Waals surface area contributed by atoms with Gasteiger partial charge in [-0.3, -0.25) is 5.21 Å². The number of hydrogen-bond acceptors (Lipinski definition) is 3. The Bertz CT molecular complexity index is 480. The summed E-state index contributed by atoms with van der Waals surface area (Å²) in [5, 5.41) is 14.6. The van der Waals surface area contributed by atoms with E-state index in [-0.39, 0.29) is 0 Å². The van der Waals surface area contributed by atoms with Crippen molar-refractivity contribution >= 4 is 17.1 Å². The molecule has 2 aromatic rings. The summed E-state index contributed by atoms with van der Waals surface area (Å²) in [6.07, 6.45) is 0. The topological polar surface area (TPSA) is 35.5 Å². The molecule has 2 rings (SSSR count). The first kappa shape index (κ1) is 12.5. The van der Waals surface area contributed by atoms with Crippen LogP contribution in [0.3, 0.4) is 0 Å². The number of anilines is 3. The number of nitrogens with zero attached hydrogens (tertiary/aromatic N) is 1. The Morgan fingerprint density at radius 2 is 1.44 bits per heavy atom. The SMILES string of the molecule is CC(C)Nc1ccc(N(O)c2ccccc2)cc1. The molecule has 2 N–H and O–H groups in total. The minimum absolute atomic E-state index is 0.398. The van der Waals surface area contributed by atoms with Crippen LogP contribution in [0.5, 0.6) is 0 Å². The lowest BCUT2D eigenvalue weighted by Crippen LogP contribution is -2.11. The van der Waals surface area contributed by atoms with Crippen LogP contribution in [0.25, 0.3) is 0 Å². The van der Waals surface area contributed by atoms with Gasteiger partial charge in [-0.15, -0.1) is 0 Å². The average Bonchev–Trinajstić information content (AvgIpc) is 2.39. The molecule has 0 atom stereocenters. The van der Waals surface area contributed by atoms with Gasteiger partial charge in [0, 0.05) is 11.7 Å². The van der Waals surface area contributed by atoms with Crippen LogP contribution in [0.15, 0.2) is 54.6 Å². The maximum absolute atomic E-state index is 10.1. The predicted octanol–water partition coefficient (Wildman–Crippen LogP) is 4.03. The van der Waals surface area contributed by atoms with Gasteiger partial charge in [-0.2, -0.15) is 0 Å². The van der Waals surface area contributed by atoms with Gasteiger partial charge in [0.15, 0.2) is 0 Å². The summed E-state index contributed by atoms with van der Waals surface area (Å²) in [4.78, 5) is 0. The van der Waals surface area contributed by atoms with E-state index in [4.69, 9.17) is 0 Å². The van der Waals surface area contributed by atoms with E-state index in [1.165, 1.54) is 5.06 Å². The Balaban J connectivity index is 2.14. The summed E-state index contributed by atoms with van der Waals surface area (Å²) in [7, 11) is 0. The molecule has 0 radical (unpaired) electrons. The van der Waals surface area contributed by atoms with Crippen LogP contribution < -0.4 is 10.4 Å². The number of nitrogens with one attached hydrogen (secondary N) is 1. The van der Waals surface area contributed by atoms with E-state index in [1.54, 1.807) is 0 Å². The van der Waals surface area contributed by atoms with Gasteiger partial charge in [-0.25, -0.2) is 5.06 Å². The first-order chi connectivity index (χ1) is 8.66. The molecule has 0 unspecified atom stereocenters. The highest BCUT2D eigenvalue weighted by atomic mass is 16.5. The number of para-hydroxylation sites is 1. The molecule has 94 valence electrons. The third-order valence-electron chi connectivity index (χ3n) is 2.57. The first-order valence-corrected chi connectivity index (χ1v) is 6.07. The molecule has 0 saturated carbocycles. The maximum Gasteiger partial charge on any atom is 0.0694 e. The molecule has 0 bridgehead atoms. The fraction of sp³-hybridized carbons (Fsp3) is 0.200. The quantitative estimate of drug-likeness (QED) is 0.794. The monoisotopic (exact) mass is 242 g/mol. The van der Waals surface area contributed by atoms with Crippen LogP contribution in [0.4, 0.5) is 17.1 Å². The Morgan fingerprint density at radius 3 is 2.00 bits per heavy atom. The molecule has 3 nitrogen and oxygen atoms in total. The number of rotatable bonds is 4. The molecule has 18 heavy (non-hydrogen) atoms. The van der Waals surface area contributed by atoms with Crippen molar-refractivity contribution in [1.82, 2.24) is 0 Å². The third kappa shape index (κ3) is 3.02. The normalized spacial score (nSPS) is 10.4. The molecule has 0 fully saturated rings. The Morgan fingerprint density at radius 1 is 0.889 bits per heavy atom. The minimum Gasteiger partial charge on any atom is -0.383 e. The largest absolute Gasteiger partial charge is 0.383 e. The maximum atomic E-state index is 10.1. The fourth-order valence-electron chi connectivity index (χ4n) is 1.75. The standard InChI is InChI=1S/C15H18N2O/c1-12(2)16-13-8-10-15(11-9-13)17(18)14-6-4-3-5-7-14/h3-12,16,18H,1-2H3. The molecule has 0 aromatic heterocycles. The second-order valence-electron chi connectivity index (χ2n) is 4.49. The van der Waals surface area contributed by atoms with Gasteiger partial charge in [-0.1, -0.05) is 18.2 Å². The summed E-state index contributed by atoms with van der Waals surface area (Å²) < 4.78 is 0. The van der Waals surface area contributed by atoms with E-state index in [0.29, 0.717) is 6.04 Å². The van der Waals surface area contributed by atoms with Crippen molar-refractivity contribution in [2.24, 2.45) is 0 Å². The van der Waals surface area contributed by atoms with Crippen LogP contribution in [0.1, 0.15) is 13.8 Å². The highest BCUT2D eigenvalue weighted by Crippen LogP contribution is 2.24. The Labute approximate surface area is 108 Å². The van der Waals surface area contributed by atoms with Gasteiger partial charge in [0.25, 0.3) is 0 Å². The first-order valence-electron chi connectivity index (χ1n) is 6.07. The van der Waals surface area contributed by atoms with E-state index < -0.39 is 0 Å². The van der Waals surface area contributed by atoms with Crippen LogP contribution >= 0.6 is 0 Å². The second kappa shape index (κ2) is 5.56. The van der Waals surface area contributed by atoms with Crippen molar-refractivity contribution in [3.8, 4) is 0 Å². The molecule has 0 aliphatic carbocycles. The van der Waals surface area contributed by atoms with Crippen molar-refractivity contribution in [1.29, 1.82) is 0 Å². The predicted molar refractivity (Wildman–Crippen MR) is 75.6 cm³/mol. The summed E-state index contributed by atoms with van der Waals surface area (Å²) in [5.41, 5.74) is 2.55. The van der Waals surface area contributed by atoms with E-state index >= 15 is 0 Å². The lowest BCUT2D eigenvalue weighted by atomic mass is 10.2. The van der Waals surface area contributed by atoms with Gasteiger partial charge >= 0.3 is 0 Å². The Hall–Kier alpha value is -2.00. The highest BCUT2D eigenvalue weighted by Gasteiger charge is 2.05. The van der Waals surface area contributed by atoms with Crippen molar-refractivity contribution in [2.45, 2.75) is 19.9 Å². The van der Waals surface area contributed by atoms with Gasteiger partial charge < -0.3 is 5.32 Å². The average molecular weight is 242 g/mol. The summed E-state index contributed by atoms with van der Waals surface area (Å²) in [6.45, 7) is 4.19. The Kier molecular flexibility index (Phi) is 3.85. The van der Waals surface area contributed by atoms with Crippen LogP contribution in [-0.2, 0) is 0 Å². The summed E-state index contributed by atoms with van der Waals surface area (Å²) >= 11 is 0. The van der Waals surface area contributed by atoms with Crippen LogP contribution in [-0.4, -0.2) is 11.2 Å². The second-order valence-corrected chi connectivity index (χ2v) is 4.49. The van der Waals surface area contributed by atoms with E-state index in [1.807, 2.05) is 54.6 Å². The van der Waals surface area contributed by atoms with Crippen molar-refractivity contribution < 1.29 is 5.21 Å². The number of benzene rings is 2. The van der Waals surface area contributed by atoms with Crippen LogP contribution in [0, 0.1) is 0 Å². The molecule has 3 heteroatoms. The van der Waals surface area contributed by atoms with E-state index in [2.05, 4.69) is 19.2 Å². The summed E-state index contributed by atoms with van der Waals surface area (Å²) in [6, 6.07) is 17.5. The number of hydrogen-bond donors (Lipinski definition) is 2. The molecule has 2 aromatic carbocycles. The zero-order chi connectivity index (χ0) is 13.0. The molecule has 0 aliphatic rings. The molecule has 0 saturated heterocycles. The smallest absolute Gasteiger partial charge is 0.0694 e. The molecular formula is C15H18N2O. The third-order valence-corrected chi connectivity index (χ3v) is 2.57. The van der Waals surface area contributed by atoms with Crippen LogP contribution in [0.2, 0.25) is 0 Å². The highest BCUT2D eigenvalue weighted by molar-refractivity contribution is 5.62. The van der Waals surface area contributed by atoms with Crippen molar-refractivity contribution in [2.75, 3.05) is 10.4 Å².